The van der Waals surface area contributed by atoms with Crippen molar-refractivity contribution < 1.29 is 19.1 Å². The summed E-state index contributed by atoms with van der Waals surface area (Å²) in [7, 11) is 1.40. The summed E-state index contributed by atoms with van der Waals surface area (Å²) in [5.41, 5.74) is 0. The molecule has 0 unspecified atom stereocenters. The predicted octanol–water partition coefficient (Wildman–Crippen LogP) is -0.0945. The van der Waals surface area contributed by atoms with Gasteiger partial charge < -0.3 is 14.8 Å². The van der Waals surface area contributed by atoms with Gasteiger partial charge in [0.2, 0.25) is 0 Å². The van der Waals surface area contributed by atoms with Crippen molar-refractivity contribution in [3.63, 3.8) is 0 Å². The molecule has 0 aromatic rings. The molecule has 0 radical (unpaired) electrons. The fourth-order valence-electron chi connectivity index (χ4n) is 0.360. The molecule has 0 spiro atoms. The van der Waals surface area contributed by atoms with Crippen LogP contribution in [-0.4, -0.2) is 32.3 Å². The van der Waals surface area contributed by atoms with Crippen molar-refractivity contribution in [2.75, 3.05) is 20.4 Å². The first kappa shape index (κ1) is 9.90. The van der Waals surface area contributed by atoms with Gasteiger partial charge in [-0.05, 0) is 6.92 Å². The van der Waals surface area contributed by atoms with Crippen LogP contribution in [0.5, 0.6) is 0 Å². The zero-order valence-electron chi connectivity index (χ0n) is 6.55. The summed E-state index contributed by atoms with van der Waals surface area (Å²) in [6, 6.07) is 0. The van der Waals surface area contributed by atoms with Crippen LogP contribution in [0.1, 0.15) is 6.92 Å². The summed E-state index contributed by atoms with van der Waals surface area (Å²) in [5, 5.41) is 2.23. The Morgan fingerprint density at radius 1 is 1.45 bits per heavy atom. The molecule has 0 atom stereocenters. The van der Waals surface area contributed by atoms with E-state index in [1.54, 1.807) is 0 Å². The Balaban J connectivity index is 3.30. The van der Waals surface area contributed by atoms with E-state index in [1.807, 2.05) is 0 Å². The average molecular weight is 161 g/mol. The second kappa shape index (κ2) is 5.67. The Bertz CT molecular complexity index is 146. The first-order valence-corrected chi connectivity index (χ1v) is 3.06. The number of methoxy groups -OCH3 is 1. The largest absolute Gasteiger partial charge is 0.422 e. The van der Waals surface area contributed by atoms with Crippen LogP contribution < -0.4 is 5.32 Å². The van der Waals surface area contributed by atoms with Crippen LogP contribution >= 0.6 is 0 Å². The van der Waals surface area contributed by atoms with Crippen LogP contribution in [0, 0.1) is 0 Å². The molecule has 0 aliphatic heterocycles. The topological polar surface area (TPSA) is 64.6 Å². The summed E-state index contributed by atoms with van der Waals surface area (Å²) in [6.45, 7) is 1.25. The first-order valence-electron chi connectivity index (χ1n) is 3.06. The third-order valence-corrected chi connectivity index (χ3v) is 0.790. The molecule has 0 bridgehead atoms. The van der Waals surface area contributed by atoms with E-state index >= 15 is 0 Å². The summed E-state index contributed by atoms with van der Waals surface area (Å²) in [6.07, 6.45) is -0.651. The van der Waals surface area contributed by atoms with Gasteiger partial charge in [0, 0.05) is 7.11 Å². The molecule has 5 nitrogen and oxygen atoms in total. The summed E-state index contributed by atoms with van der Waals surface area (Å²) >= 11 is 0. The molecule has 0 rings (SSSR count). The molecule has 64 valence electrons. The Morgan fingerprint density at radius 2 is 2.09 bits per heavy atom. The number of carbonyl (C=O) groups excluding carboxylic acids is 2. The highest BCUT2D eigenvalue weighted by molar-refractivity contribution is 5.81. The predicted molar refractivity (Wildman–Crippen MR) is 37.0 cm³/mol. The molecule has 0 saturated carbocycles. The maximum Gasteiger partial charge on any atom is 0.409 e. The monoisotopic (exact) mass is 161 g/mol. The van der Waals surface area contributed by atoms with Gasteiger partial charge in [0.05, 0.1) is 6.54 Å². The lowest BCUT2D eigenvalue weighted by molar-refractivity contribution is -0.116. The molecule has 11 heavy (non-hydrogen) atoms. The third-order valence-electron chi connectivity index (χ3n) is 0.790. The highest BCUT2D eigenvalue weighted by Crippen LogP contribution is 1.77. The molecule has 0 aromatic carbocycles. The van der Waals surface area contributed by atoms with Crippen LogP contribution in [-0.2, 0) is 14.3 Å². The van der Waals surface area contributed by atoms with Crippen molar-refractivity contribution in [1.29, 1.82) is 0 Å². The molecular weight excluding hydrogens is 150 g/mol. The van der Waals surface area contributed by atoms with Gasteiger partial charge >= 0.3 is 6.09 Å². The molecule has 1 amide bonds. The highest BCUT2D eigenvalue weighted by atomic mass is 16.7. The van der Waals surface area contributed by atoms with E-state index in [0.29, 0.717) is 0 Å². The van der Waals surface area contributed by atoms with Crippen LogP contribution in [0.4, 0.5) is 4.79 Å². The number of ketones is 1. The van der Waals surface area contributed by atoms with Gasteiger partial charge in [-0.1, -0.05) is 0 Å². The lowest BCUT2D eigenvalue weighted by Gasteiger charge is -2.02. The highest BCUT2D eigenvalue weighted by Gasteiger charge is 2.00. The van der Waals surface area contributed by atoms with Gasteiger partial charge in [-0.15, -0.1) is 0 Å². The van der Waals surface area contributed by atoms with E-state index < -0.39 is 6.09 Å². The number of hydrogen-bond donors (Lipinski definition) is 1. The smallest absolute Gasteiger partial charge is 0.409 e. The molecule has 0 saturated heterocycles. The summed E-state index contributed by atoms with van der Waals surface area (Å²) in [5.74, 6) is -0.126. The molecule has 0 heterocycles. The van der Waals surface area contributed by atoms with Crippen molar-refractivity contribution in [2.45, 2.75) is 6.92 Å². The normalized spacial score (nSPS) is 8.91. The second-order valence-electron chi connectivity index (χ2n) is 1.89. The third kappa shape index (κ3) is 6.79. The molecular formula is C6H11NO4. The van der Waals surface area contributed by atoms with Crippen LogP contribution in [0.15, 0.2) is 0 Å². The van der Waals surface area contributed by atoms with E-state index in [4.69, 9.17) is 0 Å². The zero-order valence-corrected chi connectivity index (χ0v) is 6.55. The Morgan fingerprint density at radius 3 is 2.55 bits per heavy atom. The van der Waals surface area contributed by atoms with E-state index in [0.717, 1.165) is 0 Å². The van der Waals surface area contributed by atoms with Crippen molar-refractivity contribution in [3.8, 4) is 0 Å². The number of rotatable bonds is 4. The van der Waals surface area contributed by atoms with Crippen LogP contribution in [0.3, 0.4) is 0 Å². The van der Waals surface area contributed by atoms with Gasteiger partial charge in [0.15, 0.2) is 6.79 Å². The van der Waals surface area contributed by atoms with Crippen LogP contribution in [0.2, 0.25) is 0 Å². The zero-order chi connectivity index (χ0) is 8.69. The number of hydrogen-bond acceptors (Lipinski definition) is 4. The first-order chi connectivity index (χ1) is 5.16. The van der Waals surface area contributed by atoms with Gasteiger partial charge in [-0.25, -0.2) is 4.79 Å². The van der Waals surface area contributed by atoms with Crippen molar-refractivity contribution in [3.05, 3.63) is 0 Å². The number of amides is 1. The summed E-state index contributed by atoms with van der Waals surface area (Å²) in [4.78, 5) is 20.9. The minimum absolute atomic E-state index is 0.0114. The summed E-state index contributed by atoms with van der Waals surface area (Å²) < 4.78 is 8.87. The molecule has 0 fully saturated rings. The second-order valence-corrected chi connectivity index (χ2v) is 1.89. The van der Waals surface area contributed by atoms with E-state index in [9.17, 15) is 9.59 Å². The Labute approximate surface area is 64.7 Å². The van der Waals surface area contributed by atoms with Gasteiger partial charge in [0.1, 0.15) is 5.78 Å². The molecule has 0 aliphatic rings. The lowest BCUT2D eigenvalue weighted by atomic mass is 10.4. The minimum Gasteiger partial charge on any atom is -0.422 e. The number of alkyl carbamates (subject to hydrolysis) is 1. The Hall–Kier alpha value is -1.10. The van der Waals surface area contributed by atoms with Gasteiger partial charge in [-0.2, -0.15) is 0 Å². The quantitative estimate of drug-likeness (QED) is 0.585. The maximum atomic E-state index is 10.5. The van der Waals surface area contributed by atoms with Crippen molar-refractivity contribution in [1.82, 2.24) is 5.32 Å². The van der Waals surface area contributed by atoms with Crippen molar-refractivity contribution in [2.24, 2.45) is 0 Å². The SMILES string of the molecule is COCOC(=O)NCC(C)=O. The molecule has 5 heteroatoms. The standard InChI is InChI=1S/C6H11NO4/c1-5(8)3-7-6(9)11-4-10-2/h3-4H2,1-2H3,(H,7,9). The van der Waals surface area contributed by atoms with E-state index in [-0.39, 0.29) is 19.1 Å². The van der Waals surface area contributed by atoms with Crippen LogP contribution in [0.25, 0.3) is 0 Å². The van der Waals surface area contributed by atoms with Crippen molar-refractivity contribution >= 4 is 11.9 Å². The maximum absolute atomic E-state index is 10.5. The fourth-order valence-corrected chi connectivity index (χ4v) is 0.360. The average Bonchev–Trinajstić information content (AvgIpc) is 1.97. The number of ether oxygens (including phenoxy) is 2. The fraction of sp³-hybridized carbons (Fsp3) is 0.667. The lowest BCUT2D eigenvalue weighted by Crippen LogP contribution is -2.29. The van der Waals surface area contributed by atoms with E-state index in [2.05, 4.69) is 14.8 Å². The number of Topliss-reactive ketones (excluding diaryl/α,β-unsaturated/α-hetero) is 1. The minimum atomic E-state index is -0.651. The Kier molecular flexibility index (Phi) is 5.10. The van der Waals surface area contributed by atoms with Gasteiger partial charge in [-0.3, -0.25) is 4.79 Å². The molecule has 1 N–H and O–H groups in total. The number of carbonyl (C=O) groups is 2. The molecule has 0 aliphatic carbocycles. The van der Waals surface area contributed by atoms with E-state index in [1.165, 1.54) is 14.0 Å². The van der Waals surface area contributed by atoms with Gasteiger partial charge in [0.25, 0.3) is 0 Å². The molecule has 0 aromatic heterocycles. The number of nitrogens with one attached hydrogen (secondary N) is 1.